The second-order valence-electron chi connectivity index (χ2n) is 41.9. The summed E-state index contributed by atoms with van der Waals surface area (Å²) in [5.74, 6) is -4.84. The normalized spacial score (nSPS) is 15.3. The molecular formula is C120H112Cl6F8N8O4. The van der Waals surface area contributed by atoms with Crippen LogP contribution in [0.5, 0.6) is 0 Å². The third-order valence-corrected chi connectivity index (χ3v) is 30.7. The van der Waals surface area contributed by atoms with Crippen molar-refractivity contribution in [2.45, 2.75) is 168 Å². The number of halogens is 14. The maximum atomic E-state index is 14.9. The molecule has 0 radical (unpaired) electrons. The monoisotopic (exact) mass is 2090 g/mol. The zero-order chi connectivity index (χ0) is 104. The van der Waals surface area contributed by atoms with Crippen LogP contribution in [0.2, 0.25) is 30.1 Å². The summed E-state index contributed by atoms with van der Waals surface area (Å²) in [6.45, 7) is 33.9. The fourth-order valence-corrected chi connectivity index (χ4v) is 22.5. The quantitative estimate of drug-likeness (QED) is 0.112. The number of fused-ring (bicyclic) bond motifs is 4. The van der Waals surface area contributed by atoms with Crippen molar-refractivity contribution < 1.29 is 35.1 Å². The minimum Gasteiger partial charge on any atom is -0.316 e. The molecule has 8 aromatic carbocycles. The lowest BCUT2D eigenvalue weighted by atomic mass is 9.86. The molecule has 3 fully saturated rings. The average Bonchev–Trinajstić information content (AvgIpc) is 0.757. The lowest BCUT2D eigenvalue weighted by Gasteiger charge is -2.41. The molecular weight excluding hydrogens is 1980 g/mol. The van der Waals surface area contributed by atoms with Crippen molar-refractivity contribution in [2.24, 2.45) is 0 Å². The zero-order valence-electron chi connectivity index (χ0n) is 83.2. The Morgan fingerprint density at radius 3 is 0.822 bits per heavy atom. The van der Waals surface area contributed by atoms with Crippen molar-refractivity contribution in [1.29, 1.82) is 0 Å². The molecule has 0 unspecified atom stereocenters. The van der Waals surface area contributed by atoms with Gasteiger partial charge < -0.3 is 17.6 Å². The first-order valence-electron chi connectivity index (χ1n) is 49.0. The average molecular weight is 2090 g/mol. The number of piperidine rings is 3. The molecule has 12 heterocycles. The van der Waals surface area contributed by atoms with Gasteiger partial charge in [-0.05, 0) is 358 Å². The minimum atomic E-state index is -0.810. The highest BCUT2D eigenvalue weighted by molar-refractivity contribution is 6.39. The predicted octanol–water partition coefficient (Wildman–Crippen LogP) is 31.4. The van der Waals surface area contributed by atoms with Gasteiger partial charge >= 0.3 is 0 Å². The molecule has 0 amide bonds. The molecule has 16 aromatic rings. The van der Waals surface area contributed by atoms with Crippen molar-refractivity contribution in [3.63, 3.8) is 0 Å². The van der Waals surface area contributed by atoms with Crippen LogP contribution in [0.25, 0.3) is 117 Å². The second kappa shape index (κ2) is 43.2. The molecule has 146 heavy (non-hydrogen) atoms. The number of rotatable bonds is 12. The Kier molecular flexibility index (Phi) is 31.2. The number of pyridine rings is 8. The Labute approximate surface area is 874 Å². The summed E-state index contributed by atoms with van der Waals surface area (Å²) < 4.78 is 125. The maximum absolute atomic E-state index is 14.9. The topological polar surface area (TPSA) is 98.9 Å². The number of hydrogen-bond donors (Lipinski definition) is 0. The highest BCUT2D eigenvalue weighted by Gasteiger charge is 2.36. The van der Waals surface area contributed by atoms with Gasteiger partial charge in [0.25, 0.3) is 0 Å². The molecule has 4 aliphatic heterocycles. The third kappa shape index (κ3) is 22.2. The molecule has 0 saturated carbocycles. The van der Waals surface area contributed by atoms with Crippen LogP contribution in [-0.2, 0) is 0 Å². The molecule has 754 valence electrons. The van der Waals surface area contributed by atoms with Gasteiger partial charge in [-0.3, -0.25) is 38.8 Å². The molecule has 0 aliphatic carbocycles. The zero-order valence-corrected chi connectivity index (χ0v) is 87.7. The Morgan fingerprint density at radius 2 is 0.534 bits per heavy atom. The smallest absolute Gasteiger partial charge is 0.190 e. The highest BCUT2D eigenvalue weighted by Crippen LogP contribution is 2.47. The van der Waals surface area contributed by atoms with Crippen LogP contribution in [-0.4, -0.2) is 112 Å². The largest absolute Gasteiger partial charge is 0.316 e. The van der Waals surface area contributed by atoms with Crippen LogP contribution in [0.15, 0.2) is 281 Å². The van der Waals surface area contributed by atoms with E-state index in [-0.39, 0.29) is 77.8 Å². The van der Waals surface area contributed by atoms with Crippen molar-refractivity contribution in [2.75, 3.05) is 52.4 Å². The van der Waals surface area contributed by atoms with Crippen LogP contribution in [0.1, 0.15) is 168 Å². The molecule has 20 rings (SSSR count). The van der Waals surface area contributed by atoms with E-state index >= 15 is 0 Å². The van der Waals surface area contributed by atoms with E-state index in [4.69, 9.17) is 69.6 Å². The molecule has 12 nitrogen and oxygen atoms in total. The minimum absolute atomic E-state index is 0.00372. The van der Waals surface area contributed by atoms with Crippen LogP contribution < -0.4 is 21.7 Å². The Hall–Kier alpha value is -11.8. The fraction of sp³-hybridized carbons (Fsp3) is 0.283. The summed E-state index contributed by atoms with van der Waals surface area (Å²) in [5.41, 5.74) is 11.5. The van der Waals surface area contributed by atoms with E-state index in [2.05, 4.69) is 127 Å². The first kappa shape index (κ1) is 106. The van der Waals surface area contributed by atoms with Gasteiger partial charge in [0.2, 0.25) is 0 Å². The lowest BCUT2D eigenvalue weighted by molar-refractivity contribution is 0.102. The molecule has 0 N–H and O–H groups in total. The van der Waals surface area contributed by atoms with E-state index in [9.17, 15) is 54.3 Å². The summed E-state index contributed by atoms with van der Waals surface area (Å²) in [7, 11) is 0. The SMILES string of the molecule is CC(C)(C)N1CC=C(c2cc(-c3ccccc3Cl)n3ccc(=O)c(-c4c(F)cccc4F)c3c2)CC1.CC(C)(C)N1CCC(c2cc(-c3ccc(F)cc3Cl)n3ccc(=O)c(-c4c(Cl)cccc4Cl)c3c2)CC1.CC(C)(C)N1CCC(c2cc(-c3ccc(F)cc3Cl)n3ccc(=O)c(-c4c(F)cccc4F)c3c2)CC1.CC(C)(C)N1CCC(c2cc(-c3ccccc3Cl)n3ccc(=O)c(-c4c(F)cccc4F)c3c2)CC1. The maximum Gasteiger partial charge on any atom is 0.190 e. The number of hydrogen-bond acceptors (Lipinski definition) is 8. The van der Waals surface area contributed by atoms with Gasteiger partial charge in [-0.25, -0.2) is 35.1 Å². The summed E-state index contributed by atoms with van der Waals surface area (Å²) in [6, 6.07) is 61.1. The van der Waals surface area contributed by atoms with Gasteiger partial charge in [0.1, 0.15) is 46.5 Å². The number of aromatic nitrogens is 4. The summed E-state index contributed by atoms with van der Waals surface area (Å²) in [4.78, 5) is 62.5. The van der Waals surface area contributed by atoms with E-state index < -0.39 is 62.8 Å². The number of benzene rings is 8. The summed E-state index contributed by atoms with van der Waals surface area (Å²) in [6.07, 6.45) is 15.3. The van der Waals surface area contributed by atoms with E-state index in [1.54, 1.807) is 70.0 Å². The van der Waals surface area contributed by atoms with Crippen LogP contribution in [0.4, 0.5) is 35.1 Å². The molecule has 0 spiro atoms. The van der Waals surface area contributed by atoms with Crippen LogP contribution >= 0.6 is 69.6 Å². The first-order valence-corrected chi connectivity index (χ1v) is 51.3. The van der Waals surface area contributed by atoms with Gasteiger partial charge in [-0.2, -0.15) is 0 Å². The highest BCUT2D eigenvalue weighted by atomic mass is 35.5. The number of likely N-dealkylation sites (tertiary alicyclic amines) is 3. The van der Waals surface area contributed by atoms with Gasteiger partial charge in [-0.15, -0.1) is 0 Å². The van der Waals surface area contributed by atoms with Crippen LogP contribution in [0, 0.1) is 46.5 Å². The van der Waals surface area contributed by atoms with Crippen molar-refractivity contribution >= 4 is 97.2 Å². The van der Waals surface area contributed by atoms with Gasteiger partial charge in [0, 0.05) is 122 Å². The van der Waals surface area contributed by atoms with Crippen molar-refractivity contribution in [3.05, 3.63) is 401 Å². The summed E-state index contributed by atoms with van der Waals surface area (Å²) >= 11 is 39.4. The fourth-order valence-electron chi connectivity index (χ4n) is 20.9. The Morgan fingerprint density at radius 1 is 0.260 bits per heavy atom. The van der Waals surface area contributed by atoms with Crippen molar-refractivity contribution in [3.8, 4) is 89.5 Å². The molecule has 4 aliphatic rings. The van der Waals surface area contributed by atoms with E-state index in [1.807, 2.05) is 81.6 Å². The summed E-state index contributed by atoms with van der Waals surface area (Å²) in [5, 5.41) is 2.43. The first-order chi connectivity index (χ1) is 69.4. The van der Waals surface area contributed by atoms with Crippen LogP contribution in [0.3, 0.4) is 0 Å². The predicted molar refractivity (Wildman–Crippen MR) is 582 cm³/mol. The number of nitrogens with zero attached hydrogens (tertiary/aromatic N) is 8. The van der Waals surface area contributed by atoms with Crippen molar-refractivity contribution in [1.82, 2.24) is 37.2 Å². The molecule has 8 aromatic heterocycles. The van der Waals surface area contributed by atoms with Gasteiger partial charge in [-0.1, -0.05) is 136 Å². The molecule has 0 atom stereocenters. The van der Waals surface area contributed by atoms with E-state index in [1.165, 1.54) is 91.0 Å². The van der Waals surface area contributed by atoms with E-state index in [0.717, 1.165) is 165 Å². The lowest BCUT2D eigenvalue weighted by Crippen LogP contribution is -2.45. The Bertz CT molecular complexity index is 7720. The Balaban J connectivity index is 0.000000133. The standard InChI is InChI=1S/C30H28Cl3FN2O.C30H28ClF3N2O.C30H29ClF2N2O.C30H27ClF2N2O/c1-30(2,3)35-12-9-18(10-13-35)19-15-25(21-8-7-20(34)17-24(21)33)36-14-11-27(37)29(26(36)16-19)28-22(31)5-4-6-23(28)32;1-30(2,3)35-12-9-18(10-13-35)19-15-25(21-8-7-20(32)17-22(21)31)36-14-11-27(37)29(26(36)16-19)28-23(33)5-4-6-24(28)34;2*1-30(2,3)34-14-11-19(12-15-34)20-17-25(21-7-4-5-8-22(21)31)35-16-13-27(36)29(26(35)18-20)28-23(32)9-6-10-24(28)33/h2*4-8,11,14-18H,9-10,12-13H2,1-3H3;4-10,13,16-19H,11-12,14-15H2,1-3H3;4-11,13,16-18H,12,14-15H2,1-3H3. The third-order valence-electron chi connectivity index (χ3n) is 28.8. The molecule has 26 heteroatoms. The van der Waals surface area contributed by atoms with Gasteiger partial charge in [0.05, 0.1) is 104 Å². The van der Waals surface area contributed by atoms with E-state index in [0.29, 0.717) is 81.0 Å². The second-order valence-corrected chi connectivity index (χ2v) is 44.3. The molecule has 0 bridgehead atoms. The van der Waals surface area contributed by atoms with Gasteiger partial charge in [0.15, 0.2) is 21.7 Å². The molecule has 3 saturated heterocycles.